The number of primary amides is 1. The largest absolute Gasteiger partial charge is 0.361 e. The van der Waals surface area contributed by atoms with E-state index in [1.807, 2.05) is 18.3 Å². The molecule has 2 aromatic rings. The summed E-state index contributed by atoms with van der Waals surface area (Å²) in [5.74, 6) is 0. The number of aromatic nitrogens is 1. The maximum atomic E-state index is 9.23. The third-order valence-electron chi connectivity index (χ3n) is 1.57. The molecule has 74 valence electrons. The molecule has 0 fully saturated rings. The van der Waals surface area contributed by atoms with Crippen LogP contribution in [0.1, 0.15) is 0 Å². The molecule has 0 aliphatic heterocycles. The van der Waals surface area contributed by atoms with Crippen molar-refractivity contribution in [2.45, 2.75) is 0 Å². The van der Waals surface area contributed by atoms with Crippen LogP contribution in [0, 0.1) is 0 Å². The van der Waals surface area contributed by atoms with Crippen LogP contribution in [0.2, 0.25) is 0 Å². The number of fused-ring (bicyclic) bond motifs is 1. The number of urea groups is 1. The molecule has 0 spiro atoms. The predicted octanol–water partition coefficient (Wildman–Crippen LogP) is 1.21. The molecule has 5 N–H and O–H groups in total. The van der Waals surface area contributed by atoms with Crippen LogP contribution in [0.5, 0.6) is 0 Å². The number of carbonyl (C=O) groups is 1. The quantitative estimate of drug-likeness (QED) is 0.374. The average molecular weight is 193 g/mol. The van der Waals surface area contributed by atoms with E-state index in [2.05, 4.69) is 28.9 Å². The maximum Gasteiger partial charge on any atom is 0.335 e. The number of hydroxylamine groups is 1. The topological polar surface area (TPSA) is 91.1 Å². The number of amides is 2. The highest BCUT2D eigenvalue weighted by Crippen LogP contribution is 2.09. The molecule has 0 bridgehead atoms. The Kier molecular flexibility index (Phi) is 3.51. The molecule has 0 aliphatic rings. The van der Waals surface area contributed by atoms with Crippen molar-refractivity contribution in [3.63, 3.8) is 0 Å². The van der Waals surface area contributed by atoms with Gasteiger partial charge in [0.2, 0.25) is 0 Å². The van der Waals surface area contributed by atoms with E-state index in [1.54, 1.807) is 0 Å². The first-order valence-electron chi connectivity index (χ1n) is 3.95. The highest BCUT2D eigenvalue weighted by Gasteiger charge is 1.86. The van der Waals surface area contributed by atoms with Crippen molar-refractivity contribution in [3.8, 4) is 0 Å². The number of nitrogens with two attached hydrogens (primary N) is 1. The molecule has 5 nitrogen and oxygen atoms in total. The van der Waals surface area contributed by atoms with E-state index in [1.165, 1.54) is 16.4 Å². The zero-order valence-corrected chi connectivity index (χ0v) is 7.40. The SMILES string of the molecule is NC(=O)NO.c1ccc2[nH]ccc2c1. The van der Waals surface area contributed by atoms with Crippen LogP contribution >= 0.6 is 0 Å². The van der Waals surface area contributed by atoms with E-state index in [0.29, 0.717) is 0 Å². The van der Waals surface area contributed by atoms with Gasteiger partial charge in [-0.05, 0) is 17.5 Å². The fraction of sp³-hybridized carbons (Fsp3) is 0. The molecule has 1 heterocycles. The first-order chi connectivity index (χ1) is 6.74. The highest BCUT2D eigenvalue weighted by molar-refractivity contribution is 5.78. The van der Waals surface area contributed by atoms with Crippen molar-refractivity contribution in [2.24, 2.45) is 5.73 Å². The van der Waals surface area contributed by atoms with Crippen molar-refractivity contribution < 1.29 is 10.0 Å². The minimum Gasteiger partial charge on any atom is -0.361 e. The molecule has 14 heavy (non-hydrogen) atoms. The number of para-hydroxylation sites is 1. The van der Waals surface area contributed by atoms with Crippen LogP contribution in [0.3, 0.4) is 0 Å². The van der Waals surface area contributed by atoms with E-state index in [9.17, 15) is 4.79 Å². The number of H-pyrrole nitrogens is 1. The van der Waals surface area contributed by atoms with Crippen LogP contribution in [-0.2, 0) is 0 Å². The first kappa shape index (κ1) is 10.1. The number of hydrogen-bond acceptors (Lipinski definition) is 2. The van der Waals surface area contributed by atoms with Crippen LogP contribution in [-0.4, -0.2) is 16.2 Å². The van der Waals surface area contributed by atoms with Gasteiger partial charge in [-0.2, -0.15) is 0 Å². The van der Waals surface area contributed by atoms with Gasteiger partial charge in [0.05, 0.1) is 0 Å². The van der Waals surface area contributed by atoms with Crippen molar-refractivity contribution >= 4 is 16.9 Å². The summed E-state index contributed by atoms with van der Waals surface area (Å²) >= 11 is 0. The second-order valence-corrected chi connectivity index (χ2v) is 2.54. The Morgan fingerprint density at radius 3 is 2.57 bits per heavy atom. The summed E-state index contributed by atoms with van der Waals surface area (Å²) < 4.78 is 0. The number of rotatable bonds is 0. The highest BCUT2D eigenvalue weighted by atomic mass is 16.5. The Labute approximate surface area is 80.5 Å². The molecule has 0 aliphatic carbocycles. The molecule has 0 radical (unpaired) electrons. The Balaban J connectivity index is 0.000000171. The minimum atomic E-state index is -0.940. The summed E-state index contributed by atoms with van der Waals surface area (Å²) in [4.78, 5) is 12.3. The lowest BCUT2D eigenvalue weighted by Gasteiger charge is -1.83. The summed E-state index contributed by atoms with van der Waals surface area (Å²) in [5, 5.41) is 8.69. The van der Waals surface area contributed by atoms with Crippen molar-refractivity contribution in [2.75, 3.05) is 0 Å². The van der Waals surface area contributed by atoms with E-state index in [4.69, 9.17) is 5.21 Å². The zero-order valence-electron chi connectivity index (χ0n) is 7.40. The summed E-state index contributed by atoms with van der Waals surface area (Å²) in [7, 11) is 0. The standard InChI is InChI=1S/C8H7N.CH4N2O2/c1-2-4-8-7(3-1)5-6-9-8;2-1(4)3-5/h1-6,9H;5H,(H3,2,3,4). The van der Waals surface area contributed by atoms with Crippen LogP contribution in [0.4, 0.5) is 4.79 Å². The maximum absolute atomic E-state index is 9.23. The van der Waals surface area contributed by atoms with Gasteiger partial charge in [0, 0.05) is 11.7 Å². The van der Waals surface area contributed by atoms with Crippen LogP contribution < -0.4 is 11.2 Å². The second-order valence-electron chi connectivity index (χ2n) is 2.54. The van der Waals surface area contributed by atoms with Crippen molar-refractivity contribution in [1.29, 1.82) is 0 Å². The van der Waals surface area contributed by atoms with Gasteiger partial charge in [0.1, 0.15) is 0 Å². The van der Waals surface area contributed by atoms with Gasteiger partial charge in [-0.25, -0.2) is 10.3 Å². The summed E-state index contributed by atoms with van der Waals surface area (Å²) in [6.07, 6.45) is 1.95. The van der Waals surface area contributed by atoms with Crippen molar-refractivity contribution in [1.82, 2.24) is 10.5 Å². The molecule has 0 atom stereocenters. The van der Waals surface area contributed by atoms with Gasteiger partial charge in [-0.1, -0.05) is 18.2 Å². The number of carbonyl (C=O) groups excluding carboxylic acids is 1. The summed E-state index contributed by atoms with van der Waals surface area (Å²) in [6.45, 7) is 0. The Morgan fingerprint density at radius 2 is 2.00 bits per heavy atom. The van der Waals surface area contributed by atoms with Gasteiger partial charge < -0.3 is 10.7 Å². The van der Waals surface area contributed by atoms with Crippen molar-refractivity contribution in [3.05, 3.63) is 36.5 Å². The van der Waals surface area contributed by atoms with Gasteiger partial charge in [-0.3, -0.25) is 5.21 Å². The number of hydrogen-bond donors (Lipinski definition) is 4. The minimum absolute atomic E-state index is 0.940. The number of benzene rings is 1. The molecular weight excluding hydrogens is 182 g/mol. The van der Waals surface area contributed by atoms with Crippen LogP contribution in [0.25, 0.3) is 10.9 Å². The van der Waals surface area contributed by atoms with Gasteiger partial charge in [-0.15, -0.1) is 0 Å². The Hall–Kier alpha value is -2.01. The molecule has 0 unspecified atom stereocenters. The average Bonchev–Trinajstić information content (AvgIpc) is 2.66. The normalized spacial score (nSPS) is 8.93. The lowest BCUT2D eigenvalue weighted by Crippen LogP contribution is -2.25. The summed E-state index contributed by atoms with van der Waals surface area (Å²) in [5.41, 5.74) is 6.66. The van der Waals surface area contributed by atoms with E-state index >= 15 is 0 Å². The molecule has 1 aromatic carbocycles. The number of nitrogens with one attached hydrogen (secondary N) is 2. The molecule has 5 heteroatoms. The summed E-state index contributed by atoms with van der Waals surface area (Å²) in [6, 6.07) is 9.34. The molecule has 2 rings (SSSR count). The van der Waals surface area contributed by atoms with Gasteiger partial charge in [0.25, 0.3) is 0 Å². The van der Waals surface area contributed by atoms with Gasteiger partial charge >= 0.3 is 6.03 Å². The van der Waals surface area contributed by atoms with E-state index in [0.717, 1.165) is 0 Å². The second kappa shape index (κ2) is 4.88. The Morgan fingerprint density at radius 1 is 1.36 bits per heavy atom. The molecule has 1 aromatic heterocycles. The molecular formula is C9H11N3O2. The van der Waals surface area contributed by atoms with Crippen LogP contribution in [0.15, 0.2) is 36.5 Å². The van der Waals surface area contributed by atoms with Gasteiger partial charge in [0.15, 0.2) is 0 Å². The smallest absolute Gasteiger partial charge is 0.335 e. The lowest BCUT2D eigenvalue weighted by atomic mass is 10.3. The van der Waals surface area contributed by atoms with E-state index < -0.39 is 6.03 Å². The lowest BCUT2D eigenvalue weighted by molar-refractivity contribution is 0.169. The third-order valence-corrected chi connectivity index (χ3v) is 1.57. The first-order valence-corrected chi connectivity index (χ1v) is 3.95. The molecule has 0 saturated carbocycles. The molecule has 0 saturated heterocycles. The number of aromatic amines is 1. The monoisotopic (exact) mass is 193 g/mol. The zero-order chi connectivity index (χ0) is 10.4. The predicted molar refractivity (Wildman–Crippen MR) is 52.8 cm³/mol. The third kappa shape index (κ3) is 2.80. The van der Waals surface area contributed by atoms with E-state index in [-0.39, 0.29) is 0 Å². The molecule has 2 amide bonds. The Bertz CT molecular complexity index is 381. The fourth-order valence-corrected chi connectivity index (χ4v) is 0.995. The fourth-order valence-electron chi connectivity index (χ4n) is 0.995.